The van der Waals surface area contributed by atoms with E-state index in [0.717, 1.165) is 6.42 Å². The molecule has 0 aliphatic carbocycles. The second-order valence-electron chi connectivity index (χ2n) is 4.93. The molecule has 0 spiro atoms. The Morgan fingerprint density at radius 3 is 2.81 bits per heavy atom. The molecule has 2 amide bonds. The van der Waals surface area contributed by atoms with E-state index >= 15 is 0 Å². The number of carbonyl (C=O) groups excluding carboxylic acids is 1. The maximum absolute atomic E-state index is 13.5. The fourth-order valence-corrected chi connectivity index (χ4v) is 1.69. The molecule has 0 bridgehead atoms. The van der Waals surface area contributed by atoms with Crippen LogP contribution < -0.4 is 10.6 Å². The lowest BCUT2D eigenvalue weighted by Gasteiger charge is -2.17. The Hall–Kier alpha value is -2.13. The first kappa shape index (κ1) is 16.9. The zero-order valence-corrected chi connectivity index (χ0v) is 12.2. The number of amides is 2. The molecule has 0 aliphatic rings. The Kier molecular flexibility index (Phi) is 6.63. The first-order valence-electron chi connectivity index (χ1n) is 6.86. The summed E-state index contributed by atoms with van der Waals surface area (Å²) in [6.07, 6.45) is 0.204. The highest BCUT2D eigenvalue weighted by molar-refractivity contribution is 5.73. The Bertz CT molecular complexity index is 528. The molecule has 0 aliphatic heterocycles. The lowest BCUT2D eigenvalue weighted by atomic mass is 10.0. The number of nitriles is 1. The van der Waals surface area contributed by atoms with E-state index < -0.39 is 18.0 Å². The topological polar surface area (TPSA) is 85.2 Å². The quantitative estimate of drug-likeness (QED) is 0.749. The van der Waals surface area contributed by atoms with Gasteiger partial charge in [-0.3, -0.25) is 0 Å². The summed E-state index contributed by atoms with van der Waals surface area (Å²) >= 11 is 0. The monoisotopic (exact) mass is 293 g/mol. The van der Waals surface area contributed by atoms with Crippen molar-refractivity contribution in [3.8, 4) is 6.07 Å². The van der Waals surface area contributed by atoms with Crippen LogP contribution in [-0.2, 0) is 6.54 Å². The number of halogens is 1. The first-order valence-corrected chi connectivity index (χ1v) is 6.86. The molecule has 0 heterocycles. The van der Waals surface area contributed by atoms with Crippen LogP contribution >= 0.6 is 0 Å². The summed E-state index contributed by atoms with van der Waals surface area (Å²) < 4.78 is 13.5. The van der Waals surface area contributed by atoms with Crippen molar-refractivity contribution < 1.29 is 14.3 Å². The number of urea groups is 1. The minimum atomic E-state index is -0.612. The standard InChI is InChI=1S/C15H20FN3O2/c1-3-10(2)14(20)9-19-15(21)18-8-12-6-11(7-17)4-5-13(12)16/h4-6,10,14,20H,3,8-9H2,1-2H3,(H2,18,19,21). The number of aliphatic hydroxyl groups is 1. The molecule has 1 aromatic rings. The van der Waals surface area contributed by atoms with Gasteiger partial charge in [-0.15, -0.1) is 0 Å². The van der Waals surface area contributed by atoms with Crippen molar-refractivity contribution in [2.24, 2.45) is 5.92 Å². The van der Waals surface area contributed by atoms with Gasteiger partial charge in [-0.2, -0.15) is 5.26 Å². The van der Waals surface area contributed by atoms with E-state index in [0.29, 0.717) is 5.56 Å². The molecule has 5 nitrogen and oxygen atoms in total. The van der Waals surface area contributed by atoms with Crippen molar-refractivity contribution in [3.05, 3.63) is 35.1 Å². The molecule has 114 valence electrons. The van der Waals surface area contributed by atoms with E-state index in [9.17, 15) is 14.3 Å². The van der Waals surface area contributed by atoms with Crippen LogP contribution in [0.4, 0.5) is 9.18 Å². The van der Waals surface area contributed by atoms with Gasteiger partial charge in [-0.05, 0) is 24.1 Å². The molecule has 0 fully saturated rings. The van der Waals surface area contributed by atoms with Crippen LogP contribution in [0, 0.1) is 23.1 Å². The molecule has 2 unspecified atom stereocenters. The third-order valence-corrected chi connectivity index (χ3v) is 3.39. The number of benzene rings is 1. The van der Waals surface area contributed by atoms with E-state index in [4.69, 9.17) is 5.26 Å². The van der Waals surface area contributed by atoms with Gasteiger partial charge in [0.05, 0.1) is 17.7 Å². The summed E-state index contributed by atoms with van der Waals surface area (Å²) in [5.41, 5.74) is 0.576. The number of nitrogens with zero attached hydrogens (tertiary/aromatic N) is 1. The molecule has 0 saturated heterocycles. The van der Waals surface area contributed by atoms with Crippen LogP contribution in [0.25, 0.3) is 0 Å². The van der Waals surface area contributed by atoms with Crippen LogP contribution in [0.2, 0.25) is 0 Å². The average Bonchev–Trinajstić information content (AvgIpc) is 2.50. The van der Waals surface area contributed by atoms with Gasteiger partial charge in [0.1, 0.15) is 5.82 Å². The lowest BCUT2D eigenvalue weighted by molar-refractivity contribution is 0.114. The number of rotatable bonds is 6. The molecule has 3 N–H and O–H groups in total. The molecule has 6 heteroatoms. The summed E-state index contributed by atoms with van der Waals surface area (Å²) in [7, 11) is 0. The Balaban J connectivity index is 2.45. The smallest absolute Gasteiger partial charge is 0.315 e. The van der Waals surface area contributed by atoms with Gasteiger partial charge in [-0.1, -0.05) is 20.3 Å². The molecular weight excluding hydrogens is 273 g/mol. The Morgan fingerprint density at radius 2 is 2.19 bits per heavy atom. The van der Waals surface area contributed by atoms with Crippen molar-refractivity contribution in [1.82, 2.24) is 10.6 Å². The van der Waals surface area contributed by atoms with Gasteiger partial charge < -0.3 is 15.7 Å². The molecular formula is C15H20FN3O2. The van der Waals surface area contributed by atoms with Crippen molar-refractivity contribution >= 4 is 6.03 Å². The Labute approximate surface area is 123 Å². The average molecular weight is 293 g/mol. The van der Waals surface area contributed by atoms with Gasteiger partial charge in [0.2, 0.25) is 0 Å². The maximum atomic E-state index is 13.5. The Morgan fingerprint density at radius 1 is 1.48 bits per heavy atom. The van der Waals surface area contributed by atoms with E-state index in [-0.39, 0.29) is 24.6 Å². The largest absolute Gasteiger partial charge is 0.391 e. The molecule has 0 aromatic heterocycles. The fourth-order valence-electron chi connectivity index (χ4n) is 1.69. The summed E-state index contributed by atoms with van der Waals surface area (Å²) in [6.45, 7) is 3.97. The highest BCUT2D eigenvalue weighted by Crippen LogP contribution is 2.10. The molecule has 0 saturated carbocycles. The first-order chi connectivity index (χ1) is 9.97. The highest BCUT2D eigenvalue weighted by atomic mass is 19.1. The number of hydrogen-bond acceptors (Lipinski definition) is 3. The van der Waals surface area contributed by atoms with Crippen LogP contribution in [0.3, 0.4) is 0 Å². The molecule has 2 atom stereocenters. The normalized spacial score (nSPS) is 13.1. The summed E-state index contributed by atoms with van der Waals surface area (Å²) in [5, 5.41) is 23.5. The number of aliphatic hydroxyl groups excluding tert-OH is 1. The van der Waals surface area contributed by atoms with Gasteiger partial charge in [0, 0.05) is 18.7 Å². The van der Waals surface area contributed by atoms with Gasteiger partial charge in [-0.25, -0.2) is 9.18 Å². The SMILES string of the molecule is CCC(C)C(O)CNC(=O)NCc1cc(C#N)ccc1F. The van der Waals surface area contributed by atoms with Crippen molar-refractivity contribution in [3.63, 3.8) is 0 Å². The number of carbonyl (C=O) groups is 1. The van der Waals surface area contributed by atoms with E-state index in [1.54, 1.807) is 0 Å². The van der Waals surface area contributed by atoms with Crippen molar-refractivity contribution in [1.29, 1.82) is 5.26 Å². The molecule has 21 heavy (non-hydrogen) atoms. The van der Waals surface area contributed by atoms with Crippen LogP contribution in [-0.4, -0.2) is 23.8 Å². The van der Waals surface area contributed by atoms with E-state index in [1.165, 1.54) is 18.2 Å². The third kappa shape index (κ3) is 5.40. The molecule has 1 rings (SSSR count). The van der Waals surface area contributed by atoms with Crippen LogP contribution in [0.5, 0.6) is 0 Å². The van der Waals surface area contributed by atoms with Crippen molar-refractivity contribution in [2.75, 3.05) is 6.54 Å². The number of hydrogen-bond donors (Lipinski definition) is 3. The zero-order chi connectivity index (χ0) is 15.8. The van der Waals surface area contributed by atoms with Gasteiger partial charge in [0.15, 0.2) is 0 Å². The lowest BCUT2D eigenvalue weighted by Crippen LogP contribution is -2.41. The molecule has 0 radical (unpaired) electrons. The summed E-state index contributed by atoms with van der Waals surface area (Å²) in [5.74, 6) is -0.385. The molecule has 1 aromatic carbocycles. The van der Waals surface area contributed by atoms with E-state index in [2.05, 4.69) is 10.6 Å². The zero-order valence-electron chi connectivity index (χ0n) is 12.2. The second kappa shape index (κ2) is 8.22. The predicted octanol–water partition coefficient (Wildman–Crippen LogP) is 1.90. The van der Waals surface area contributed by atoms with Crippen LogP contribution in [0.1, 0.15) is 31.4 Å². The summed E-state index contributed by atoms with van der Waals surface area (Å²) in [6, 6.07) is 5.39. The third-order valence-electron chi connectivity index (χ3n) is 3.39. The second-order valence-corrected chi connectivity index (χ2v) is 4.93. The highest BCUT2D eigenvalue weighted by Gasteiger charge is 2.13. The van der Waals surface area contributed by atoms with Gasteiger partial charge in [0.25, 0.3) is 0 Å². The number of nitrogens with one attached hydrogen (secondary N) is 2. The summed E-state index contributed by atoms with van der Waals surface area (Å²) in [4.78, 5) is 11.6. The van der Waals surface area contributed by atoms with Crippen LogP contribution in [0.15, 0.2) is 18.2 Å². The van der Waals surface area contributed by atoms with Gasteiger partial charge >= 0.3 is 6.03 Å². The predicted molar refractivity (Wildman–Crippen MR) is 76.8 cm³/mol. The van der Waals surface area contributed by atoms with E-state index in [1.807, 2.05) is 19.9 Å². The fraction of sp³-hybridized carbons (Fsp3) is 0.467. The minimum Gasteiger partial charge on any atom is -0.391 e. The maximum Gasteiger partial charge on any atom is 0.315 e. The van der Waals surface area contributed by atoms with Crippen molar-refractivity contribution in [2.45, 2.75) is 32.9 Å². The minimum absolute atomic E-state index is 0.0212.